The standard InChI is InChI=1S/C16H12O4/c1-19-14-6-4-10-7-11-9(3-5-13(17)15(11)18)8-12(10)16(14)20-2/h3-8H,1-2H3. The van der Waals surface area contributed by atoms with Crippen molar-refractivity contribution in [3.8, 4) is 11.5 Å². The second-order valence-electron chi connectivity index (χ2n) is 4.49. The molecule has 0 amide bonds. The summed E-state index contributed by atoms with van der Waals surface area (Å²) in [6, 6.07) is 7.18. The van der Waals surface area contributed by atoms with Gasteiger partial charge < -0.3 is 9.47 Å². The van der Waals surface area contributed by atoms with Gasteiger partial charge in [-0.05, 0) is 35.2 Å². The fourth-order valence-electron chi connectivity index (χ4n) is 2.42. The highest BCUT2D eigenvalue weighted by atomic mass is 16.5. The third-order valence-electron chi connectivity index (χ3n) is 3.41. The van der Waals surface area contributed by atoms with E-state index in [2.05, 4.69) is 0 Å². The third kappa shape index (κ3) is 1.69. The molecule has 0 fully saturated rings. The Bertz CT molecular complexity index is 772. The van der Waals surface area contributed by atoms with E-state index in [1.165, 1.54) is 6.08 Å². The number of hydrogen-bond acceptors (Lipinski definition) is 4. The van der Waals surface area contributed by atoms with Crippen LogP contribution in [0.1, 0.15) is 15.9 Å². The quantitative estimate of drug-likeness (QED) is 0.786. The van der Waals surface area contributed by atoms with Crippen molar-refractivity contribution < 1.29 is 19.1 Å². The van der Waals surface area contributed by atoms with E-state index in [1.807, 2.05) is 12.1 Å². The number of Topliss-reactive ketones (excluding diaryl/α,β-unsaturated/α-hetero) is 1. The van der Waals surface area contributed by atoms with Gasteiger partial charge in [-0.1, -0.05) is 12.1 Å². The number of hydrogen-bond donors (Lipinski definition) is 0. The van der Waals surface area contributed by atoms with Gasteiger partial charge >= 0.3 is 0 Å². The summed E-state index contributed by atoms with van der Waals surface area (Å²) in [6.45, 7) is 0. The summed E-state index contributed by atoms with van der Waals surface area (Å²) in [7, 11) is 3.14. The van der Waals surface area contributed by atoms with E-state index in [9.17, 15) is 9.59 Å². The zero-order chi connectivity index (χ0) is 14.3. The molecule has 2 aromatic rings. The number of rotatable bonds is 2. The van der Waals surface area contributed by atoms with Crippen LogP contribution in [0.2, 0.25) is 0 Å². The van der Waals surface area contributed by atoms with Crippen LogP contribution in [0.4, 0.5) is 0 Å². The molecule has 0 saturated heterocycles. The number of carbonyl (C=O) groups is 2. The maximum Gasteiger partial charge on any atom is 0.233 e. The lowest BCUT2D eigenvalue weighted by Crippen LogP contribution is -2.16. The molecule has 0 aromatic heterocycles. The van der Waals surface area contributed by atoms with Crippen LogP contribution in [0.15, 0.2) is 30.3 Å². The SMILES string of the molecule is COc1ccc2cc3c(cc2c1OC)C=CC(=O)C3=O. The minimum Gasteiger partial charge on any atom is -0.493 e. The Morgan fingerprint density at radius 1 is 0.950 bits per heavy atom. The molecule has 0 atom stereocenters. The van der Waals surface area contributed by atoms with Crippen molar-refractivity contribution in [2.75, 3.05) is 14.2 Å². The third-order valence-corrected chi connectivity index (χ3v) is 3.41. The second-order valence-corrected chi connectivity index (χ2v) is 4.49. The first-order valence-corrected chi connectivity index (χ1v) is 6.11. The molecule has 3 rings (SSSR count). The van der Waals surface area contributed by atoms with E-state index < -0.39 is 11.6 Å². The molecule has 0 unspecified atom stereocenters. The highest BCUT2D eigenvalue weighted by Crippen LogP contribution is 2.37. The summed E-state index contributed by atoms with van der Waals surface area (Å²) in [5.74, 6) is 0.282. The molecular weight excluding hydrogens is 256 g/mol. The van der Waals surface area contributed by atoms with E-state index in [0.29, 0.717) is 22.6 Å². The van der Waals surface area contributed by atoms with Gasteiger partial charge in [-0.25, -0.2) is 0 Å². The zero-order valence-corrected chi connectivity index (χ0v) is 11.1. The molecule has 20 heavy (non-hydrogen) atoms. The molecule has 1 aliphatic carbocycles. The summed E-state index contributed by atoms with van der Waals surface area (Å²) in [6.07, 6.45) is 2.95. The van der Waals surface area contributed by atoms with Crippen LogP contribution >= 0.6 is 0 Å². The lowest BCUT2D eigenvalue weighted by molar-refractivity contribution is -0.110. The maximum absolute atomic E-state index is 11.9. The van der Waals surface area contributed by atoms with Crippen LogP contribution in [0.5, 0.6) is 11.5 Å². The molecule has 0 N–H and O–H groups in total. The molecule has 4 nitrogen and oxygen atoms in total. The Morgan fingerprint density at radius 3 is 2.45 bits per heavy atom. The molecule has 0 aliphatic heterocycles. The minimum atomic E-state index is -0.489. The van der Waals surface area contributed by atoms with Gasteiger partial charge in [0.15, 0.2) is 11.5 Å². The normalized spacial score (nSPS) is 13.5. The molecule has 1 aliphatic rings. The largest absolute Gasteiger partial charge is 0.493 e. The van der Waals surface area contributed by atoms with Crippen LogP contribution in [0, 0.1) is 0 Å². The van der Waals surface area contributed by atoms with Crippen molar-refractivity contribution in [3.63, 3.8) is 0 Å². The van der Waals surface area contributed by atoms with Gasteiger partial charge in [0.05, 0.1) is 14.2 Å². The van der Waals surface area contributed by atoms with Crippen LogP contribution in [-0.4, -0.2) is 25.8 Å². The lowest BCUT2D eigenvalue weighted by Gasteiger charge is -2.14. The van der Waals surface area contributed by atoms with Crippen molar-refractivity contribution in [3.05, 3.63) is 41.5 Å². The van der Waals surface area contributed by atoms with Gasteiger partial charge in [-0.3, -0.25) is 9.59 Å². The molecule has 4 heteroatoms. The van der Waals surface area contributed by atoms with Crippen molar-refractivity contribution in [2.24, 2.45) is 0 Å². The molecule has 0 radical (unpaired) electrons. The van der Waals surface area contributed by atoms with E-state index >= 15 is 0 Å². The van der Waals surface area contributed by atoms with E-state index in [1.54, 1.807) is 32.4 Å². The smallest absolute Gasteiger partial charge is 0.233 e. The molecule has 2 aromatic carbocycles. The minimum absolute atomic E-state index is 0.428. The number of ketones is 2. The number of carbonyl (C=O) groups excluding carboxylic acids is 2. The van der Waals surface area contributed by atoms with Gasteiger partial charge in [-0.15, -0.1) is 0 Å². The Balaban J connectivity index is 2.34. The highest BCUT2D eigenvalue weighted by Gasteiger charge is 2.22. The van der Waals surface area contributed by atoms with Crippen LogP contribution in [0.3, 0.4) is 0 Å². The van der Waals surface area contributed by atoms with Gasteiger partial charge in [0.25, 0.3) is 0 Å². The van der Waals surface area contributed by atoms with Crippen molar-refractivity contribution in [2.45, 2.75) is 0 Å². The number of allylic oxidation sites excluding steroid dienone is 1. The predicted molar refractivity (Wildman–Crippen MR) is 75.4 cm³/mol. The summed E-state index contributed by atoms with van der Waals surface area (Å²) in [4.78, 5) is 23.3. The average Bonchev–Trinajstić information content (AvgIpc) is 2.48. The van der Waals surface area contributed by atoms with E-state index in [-0.39, 0.29) is 0 Å². The van der Waals surface area contributed by atoms with Gasteiger partial charge in [0.1, 0.15) is 0 Å². The number of fused-ring (bicyclic) bond motifs is 2. The molecule has 0 bridgehead atoms. The Hall–Kier alpha value is -2.62. The van der Waals surface area contributed by atoms with Crippen LogP contribution < -0.4 is 9.47 Å². The molecule has 0 spiro atoms. The number of methoxy groups -OCH3 is 2. The van der Waals surface area contributed by atoms with E-state index in [0.717, 1.165) is 10.8 Å². The first kappa shape index (κ1) is 12.4. The Morgan fingerprint density at radius 2 is 1.75 bits per heavy atom. The predicted octanol–water partition coefficient (Wildman–Crippen LogP) is 2.64. The molecular formula is C16H12O4. The number of benzene rings is 2. The first-order chi connectivity index (χ1) is 9.65. The molecule has 100 valence electrons. The highest BCUT2D eigenvalue weighted by molar-refractivity contribution is 6.50. The van der Waals surface area contributed by atoms with E-state index in [4.69, 9.17) is 9.47 Å². The van der Waals surface area contributed by atoms with Crippen molar-refractivity contribution in [1.29, 1.82) is 0 Å². The monoisotopic (exact) mass is 268 g/mol. The maximum atomic E-state index is 11.9. The Kier molecular flexibility index (Phi) is 2.79. The zero-order valence-electron chi connectivity index (χ0n) is 11.1. The van der Waals surface area contributed by atoms with Crippen molar-refractivity contribution >= 4 is 28.4 Å². The van der Waals surface area contributed by atoms with Gasteiger partial charge in [-0.2, -0.15) is 0 Å². The average molecular weight is 268 g/mol. The van der Waals surface area contributed by atoms with Crippen molar-refractivity contribution in [1.82, 2.24) is 0 Å². The fourth-order valence-corrected chi connectivity index (χ4v) is 2.42. The fraction of sp³-hybridized carbons (Fsp3) is 0.125. The summed E-state index contributed by atoms with van der Waals surface area (Å²) in [5.41, 5.74) is 1.14. The first-order valence-electron chi connectivity index (χ1n) is 6.11. The number of ether oxygens (including phenoxy) is 2. The molecule has 0 saturated carbocycles. The second kappa shape index (κ2) is 4.49. The Labute approximate surface area is 115 Å². The summed E-state index contributed by atoms with van der Waals surface area (Å²) in [5, 5.41) is 1.68. The van der Waals surface area contributed by atoms with Gasteiger partial charge in [0.2, 0.25) is 11.6 Å². The van der Waals surface area contributed by atoms with Crippen LogP contribution in [0.25, 0.3) is 16.8 Å². The summed E-state index contributed by atoms with van der Waals surface area (Å²) >= 11 is 0. The topological polar surface area (TPSA) is 52.6 Å². The van der Waals surface area contributed by atoms with Crippen LogP contribution in [-0.2, 0) is 4.79 Å². The lowest BCUT2D eigenvalue weighted by atomic mass is 9.92. The summed E-state index contributed by atoms with van der Waals surface area (Å²) < 4.78 is 10.7. The molecule has 0 heterocycles. The van der Waals surface area contributed by atoms with Gasteiger partial charge in [0, 0.05) is 10.9 Å².